The molecule has 0 spiro atoms. The van der Waals surface area contributed by atoms with Crippen LogP contribution in [0.15, 0.2) is 96.2 Å². The van der Waals surface area contributed by atoms with Crippen LogP contribution < -0.4 is 26.0 Å². The van der Waals surface area contributed by atoms with Crippen molar-refractivity contribution >= 4 is 17.4 Å². The van der Waals surface area contributed by atoms with E-state index in [0.29, 0.717) is 34.1 Å². The Labute approximate surface area is 235 Å². The van der Waals surface area contributed by atoms with E-state index in [1.54, 1.807) is 50.4 Å². The van der Waals surface area contributed by atoms with Crippen molar-refractivity contribution in [3.63, 3.8) is 0 Å². The van der Waals surface area contributed by atoms with E-state index in [9.17, 15) is 14.0 Å². The molecule has 9 heteroatoms. The van der Waals surface area contributed by atoms with Gasteiger partial charge in [0.1, 0.15) is 17.2 Å². The van der Waals surface area contributed by atoms with Gasteiger partial charge in [0.25, 0.3) is 5.91 Å². The largest absolute Gasteiger partial charge is 0.493 e. The average Bonchev–Trinajstić information content (AvgIpc) is 2.99. The zero-order valence-corrected chi connectivity index (χ0v) is 22.6. The molecular formula is C32H27FN4O4. The predicted octanol–water partition coefficient (Wildman–Crippen LogP) is 5.77. The Kier molecular flexibility index (Phi) is 7.51. The number of anilines is 2. The van der Waals surface area contributed by atoms with Crippen molar-refractivity contribution in [3.05, 3.63) is 113 Å². The summed E-state index contributed by atoms with van der Waals surface area (Å²) in [4.78, 5) is 30.6. The van der Waals surface area contributed by atoms with Gasteiger partial charge in [-0.1, -0.05) is 30.3 Å². The van der Waals surface area contributed by atoms with Crippen molar-refractivity contribution in [1.29, 1.82) is 0 Å². The summed E-state index contributed by atoms with van der Waals surface area (Å²) in [5.74, 6) is 0.609. The molecule has 0 fully saturated rings. The van der Waals surface area contributed by atoms with Crippen molar-refractivity contribution in [2.45, 2.75) is 0 Å². The number of pyridine rings is 2. The summed E-state index contributed by atoms with van der Waals surface area (Å²) in [6.45, 7) is 0. The molecule has 5 aromatic rings. The summed E-state index contributed by atoms with van der Waals surface area (Å²) in [6, 6.07) is 20.2. The molecule has 0 saturated heterocycles. The highest BCUT2D eigenvalue weighted by Gasteiger charge is 2.16. The molecular weight excluding hydrogens is 523 g/mol. The number of nitrogens with zero attached hydrogens (tertiary/aromatic N) is 2. The summed E-state index contributed by atoms with van der Waals surface area (Å²) in [6.07, 6.45) is 4.76. The molecule has 2 aromatic heterocycles. The molecule has 1 amide bonds. The minimum Gasteiger partial charge on any atom is -0.493 e. The standard InChI is InChI=1S/C32H27FN4O4/c1-37-17-26(20-4-9-23(33)10-5-20)30(38)27(18-37)32(39)36-24-11-6-19(7-12-24)25-14-22(16-35-31(25)34)21-8-13-28(40-2)29(15-21)41-3/h4-18H,1-3H3,(H2,34,35)(H,36,39). The number of nitrogens with one attached hydrogen (secondary N) is 1. The number of methoxy groups -OCH3 is 2. The number of benzene rings is 3. The number of rotatable bonds is 7. The normalized spacial score (nSPS) is 10.7. The number of carbonyl (C=O) groups is 1. The van der Waals surface area contributed by atoms with Gasteiger partial charge in [0, 0.05) is 48.0 Å². The van der Waals surface area contributed by atoms with Crippen molar-refractivity contribution in [1.82, 2.24) is 9.55 Å². The molecule has 0 aliphatic heterocycles. The fourth-order valence-electron chi connectivity index (χ4n) is 4.52. The quantitative estimate of drug-likeness (QED) is 0.266. The first-order valence-corrected chi connectivity index (χ1v) is 12.6. The van der Waals surface area contributed by atoms with Crippen molar-refractivity contribution in [2.75, 3.05) is 25.3 Å². The van der Waals surface area contributed by atoms with E-state index in [4.69, 9.17) is 15.2 Å². The van der Waals surface area contributed by atoms with Crippen LogP contribution >= 0.6 is 0 Å². The highest BCUT2D eigenvalue weighted by atomic mass is 19.1. The summed E-state index contributed by atoms with van der Waals surface area (Å²) in [5.41, 5.74) is 10.3. The summed E-state index contributed by atoms with van der Waals surface area (Å²) < 4.78 is 25.7. The van der Waals surface area contributed by atoms with E-state index in [1.165, 1.54) is 30.5 Å². The molecule has 206 valence electrons. The third-order valence-electron chi connectivity index (χ3n) is 6.64. The third kappa shape index (κ3) is 5.65. The SMILES string of the molecule is COc1ccc(-c2cnc(N)c(-c3ccc(NC(=O)c4cn(C)cc(-c5ccc(F)cc5)c4=O)cc3)c2)cc1OC. The molecule has 0 unspecified atom stereocenters. The highest BCUT2D eigenvalue weighted by Crippen LogP contribution is 2.35. The number of nitrogen functional groups attached to an aromatic ring is 1. The summed E-state index contributed by atoms with van der Waals surface area (Å²) in [5, 5.41) is 2.78. The molecule has 3 N–H and O–H groups in total. The zero-order valence-electron chi connectivity index (χ0n) is 22.6. The first kappa shape index (κ1) is 27.1. The number of nitrogens with two attached hydrogens (primary N) is 1. The fraction of sp³-hybridized carbons (Fsp3) is 0.0938. The number of aromatic nitrogens is 2. The molecule has 2 heterocycles. The monoisotopic (exact) mass is 550 g/mol. The van der Waals surface area contributed by atoms with Gasteiger partial charge in [0.05, 0.1) is 14.2 Å². The molecule has 5 rings (SSSR count). The lowest BCUT2D eigenvalue weighted by Crippen LogP contribution is -2.24. The number of ether oxygens (including phenoxy) is 2. The van der Waals surface area contributed by atoms with Crippen LogP contribution in [0.5, 0.6) is 11.5 Å². The molecule has 0 bridgehead atoms. The van der Waals surface area contributed by atoms with Crippen molar-refractivity contribution in [2.24, 2.45) is 7.05 Å². The average molecular weight is 551 g/mol. The van der Waals surface area contributed by atoms with Crippen LogP contribution in [0, 0.1) is 5.82 Å². The van der Waals surface area contributed by atoms with Crippen LogP contribution in [0.1, 0.15) is 10.4 Å². The molecule has 3 aromatic carbocycles. The summed E-state index contributed by atoms with van der Waals surface area (Å²) in [7, 11) is 4.87. The topological polar surface area (TPSA) is 108 Å². The van der Waals surface area contributed by atoms with Crippen LogP contribution in [0.2, 0.25) is 0 Å². The Hall–Kier alpha value is -5.44. The Morgan fingerprint density at radius 2 is 1.46 bits per heavy atom. The lowest BCUT2D eigenvalue weighted by atomic mass is 10.0. The van der Waals surface area contributed by atoms with Gasteiger partial charge in [0.2, 0.25) is 5.43 Å². The fourth-order valence-corrected chi connectivity index (χ4v) is 4.52. The molecule has 0 aliphatic carbocycles. The second kappa shape index (κ2) is 11.4. The van der Waals surface area contributed by atoms with Gasteiger partial charge in [-0.2, -0.15) is 0 Å². The van der Waals surface area contributed by atoms with Crippen molar-refractivity contribution in [3.8, 4) is 44.9 Å². The number of aryl methyl sites for hydroxylation is 1. The van der Waals surface area contributed by atoms with Gasteiger partial charge in [-0.05, 0) is 59.2 Å². The minimum absolute atomic E-state index is 0.0329. The maximum Gasteiger partial charge on any atom is 0.261 e. The number of carbonyl (C=O) groups excluding carboxylic acids is 1. The maximum absolute atomic E-state index is 13.4. The Bertz CT molecular complexity index is 1800. The maximum atomic E-state index is 13.4. The van der Waals surface area contributed by atoms with Crippen LogP contribution in [-0.2, 0) is 7.05 Å². The first-order chi connectivity index (χ1) is 19.8. The van der Waals surface area contributed by atoms with Crippen molar-refractivity contribution < 1.29 is 18.7 Å². The van der Waals surface area contributed by atoms with Crippen LogP contribution in [0.25, 0.3) is 33.4 Å². The number of amides is 1. The van der Waals surface area contributed by atoms with Crippen LogP contribution in [0.3, 0.4) is 0 Å². The minimum atomic E-state index is -0.557. The van der Waals surface area contributed by atoms with Crippen LogP contribution in [-0.4, -0.2) is 29.7 Å². The number of hydrogen-bond donors (Lipinski definition) is 2. The first-order valence-electron chi connectivity index (χ1n) is 12.6. The molecule has 41 heavy (non-hydrogen) atoms. The Balaban J connectivity index is 1.39. The Morgan fingerprint density at radius 1 is 0.829 bits per heavy atom. The smallest absolute Gasteiger partial charge is 0.261 e. The van der Waals surface area contributed by atoms with Crippen LogP contribution in [0.4, 0.5) is 15.9 Å². The van der Waals surface area contributed by atoms with E-state index in [1.807, 2.05) is 36.4 Å². The van der Waals surface area contributed by atoms with Gasteiger partial charge < -0.3 is 25.1 Å². The number of hydrogen-bond acceptors (Lipinski definition) is 6. The van der Waals surface area contributed by atoms with E-state index >= 15 is 0 Å². The van der Waals surface area contributed by atoms with E-state index < -0.39 is 17.2 Å². The predicted molar refractivity (Wildman–Crippen MR) is 158 cm³/mol. The van der Waals surface area contributed by atoms with Gasteiger partial charge in [-0.3, -0.25) is 9.59 Å². The van der Waals surface area contributed by atoms with E-state index in [2.05, 4.69) is 10.3 Å². The third-order valence-corrected chi connectivity index (χ3v) is 6.64. The van der Waals surface area contributed by atoms with Gasteiger partial charge in [-0.15, -0.1) is 0 Å². The Morgan fingerprint density at radius 3 is 2.15 bits per heavy atom. The molecule has 0 radical (unpaired) electrons. The lowest BCUT2D eigenvalue weighted by Gasteiger charge is -2.12. The second-order valence-corrected chi connectivity index (χ2v) is 9.35. The molecule has 8 nitrogen and oxygen atoms in total. The van der Waals surface area contributed by atoms with Gasteiger partial charge in [-0.25, -0.2) is 9.37 Å². The lowest BCUT2D eigenvalue weighted by molar-refractivity contribution is 0.102. The number of halogens is 1. The second-order valence-electron chi connectivity index (χ2n) is 9.35. The summed E-state index contributed by atoms with van der Waals surface area (Å²) >= 11 is 0. The van der Waals surface area contributed by atoms with E-state index in [0.717, 1.165) is 22.3 Å². The van der Waals surface area contributed by atoms with Gasteiger partial charge >= 0.3 is 0 Å². The molecule has 0 atom stereocenters. The highest BCUT2D eigenvalue weighted by molar-refractivity contribution is 6.04. The zero-order chi connectivity index (χ0) is 29.1. The van der Waals surface area contributed by atoms with E-state index in [-0.39, 0.29) is 5.56 Å². The van der Waals surface area contributed by atoms with Gasteiger partial charge in [0.15, 0.2) is 11.5 Å². The molecule has 0 saturated carbocycles. The molecule has 0 aliphatic rings.